The molecule has 0 atom stereocenters. The van der Waals surface area contributed by atoms with Gasteiger partial charge in [-0.3, -0.25) is 4.79 Å². The molecule has 0 bridgehead atoms. The van der Waals surface area contributed by atoms with E-state index >= 15 is 0 Å². The average molecular weight is 275 g/mol. The second kappa shape index (κ2) is 6.01. The molecule has 2 aromatic carbocycles. The van der Waals surface area contributed by atoms with Gasteiger partial charge in [-0.25, -0.2) is 0 Å². The van der Waals surface area contributed by atoms with Crippen molar-refractivity contribution in [3.63, 3.8) is 0 Å². The molecule has 21 heavy (non-hydrogen) atoms. The van der Waals surface area contributed by atoms with Crippen LogP contribution in [-0.2, 0) is 4.79 Å². The maximum absolute atomic E-state index is 11.9. The van der Waals surface area contributed by atoms with Gasteiger partial charge in [-0.15, -0.1) is 5.43 Å². The zero-order valence-corrected chi connectivity index (χ0v) is 11.4. The molecule has 0 saturated heterocycles. The van der Waals surface area contributed by atoms with Crippen LogP contribution in [0.4, 0.5) is 0 Å². The Morgan fingerprint density at radius 1 is 0.905 bits per heavy atom. The summed E-state index contributed by atoms with van der Waals surface area (Å²) < 4.78 is 1.67. The summed E-state index contributed by atoms with van der Waals surface area (Å²) in [6, 6.07) is 19.7. The normalized spacial score (nSPS) is 10.9. The largest absolute Gasteiger partial charge is 0.298 e. The van der Waals surface area contributed by atoms with Crippen LogP contribution in [0.2, 0.25) is 0 Å². The van der Waals surface area contributed by atoms with Crippen molar-refractivity contribution in [1.82, 2.24) is 0 Å². The Morgan fingerprint density at radius 2 is 1.62 bits per heavy atom. The summed E-state index contributed by atoms with van der Waals surface area (Å²) in [4.78, 5) is 11.9. The van der Waals surface area contributed by atoms with Gasteiger partial charge in [0.2, 0.25) is 12.4 Å². The van der Waals surface area contributed by atoms with E-state index in [-0.39, 0.29) is 5.91 Å². The molecule has 1 N–H and O–H groups in total. The van der Waals surface area contributed by atoms with Crippen LogP contribution in [0.15, 0.2) is 79.1 Å². The minimum Gasteiger partial charge on any atom is -0.264 e. The number of fused-ring (bicyclic) bond motifs is 1. The van der Waals surface area contributed by atoms with E-state index in [4.69, 9.17) is 0 Å². The van der Waals surface area contributed by atoms with Crippen LogP contribution in [0.5, 0.6) is 0 Å². The SMILES string of the molecule is O=C(/C=C/c1ccccc1)N[n+]1ccc2ccccc2c1. The van der Waals surface area contributed by atoms with E-state index in [0.29, 0.717) is 0 Å². The molecule has 3 nitrogen and oxygen atoms in total. The van der Waals surface area contributed by atoms with Gasteiger partial charge in [0.05, 0.1) is 0 Å². The number of benzene rings is 2. The first-order valence-electron chi connectivity index (χ1n) is 6.75. The molecular weight excluding hydrogens is 260 g/mol. The molecule has 0 saturated carbocycles. The molecule has 0 radical (unpaired) electrons. The third-order valence-corrected chi connectivity index (χ3v) is 3.15. The number of hydrogen-bond acceptors (Lipinski definition) is 1. The second-order valence-corrected chi connectivity index (χ2v) is 4.70. The average Bonchev–Trinajstić information content (AvgIpc) is 2.54. The van der Waals surface area contributed by atoms with E-state index in [9.17, 15) is 4.79 Å². The van der Waals surface area contributed by atoms with E-state index < -0.39 is 0 Å². The molecule has 3 heteroatoms. The molecule has 1 aromatic heterocycles. The first-order chi connectivity index (χ1) is 10.3. The van der Waals surface area contributed by atoms with Gasteiger partial charge in [0.25, 0.3) is 5.91 Å². The maximum atomic E-state index is 11.9. The van der Waals surface area contributed by atoms with Crippen LogP contribution in [0.1, 0.15) is 5.56 Å². The van der Waals surface area contributed by atoms with E-state index in [1.54, 1.807) is 10.8 Å². The summed E-state index contributed by atoms with van der Waals surface area (Å²) in [6.07, 6.45) is 7.04. The summed E-state index contributed by atoms with van der Waals surface area (Å²) in [6.45, 7) is 0. The summed E-state index contributed by atoms with van der Waals surface area (Å²) >= 11 is 0. The summed E-state index contributed by atoms with van der Waals surface area (Å²) in [5, 5.41) is 2.22. The van der Waals surface area contributed by atoms with Gasteiger partial charge in [-0.2, -0.15) is 0 Å². The fourth-order valence-electron chi connectivity index (χ4n) is 2.10. The van der Waals surface area contributed by atoms with Crippen molar-refractivity contribution in [3.8, 4) is 0 Å². The first kappa shape index (κ1) is 13.1. The topological polar surface area (TPSA) is 33.0 Å². The predicted octanol–water partition coefficient (Wildman–Crippen LogP) is 2.91. The minimum atomic E-state index is -0.167. The molecular formula is C18H15N2O+. The highest BCUT2D eigenvalue weighted by Gasteiger charge is 2.05. The monoisotopic (exact) mass is 275 g/mol. The van der Waals surface area contributed by atoms with E-state index in [1.807, 2.05) is 73.1 Å². The Hall–Kier alpha value is -2.94. The molecule has 0 aliphatic rings. The number of nitrogens with one attached hydrogen (secondary N) is 1. The minimum absolute atomic E-state index is 0.167. The number of rotatable bonds is 3. The quantitative estimate of drug-likeness (QED) is 0.578. The Morgan fingerprint density at radius 3 is 2.43 bits per heavy atom. The lowest BCUT2D eigenvalue weighted by Crippen LogP contribution is -2.47. The van der Waals surface area contributed by atoms with Crippen molar-refractivity contribution in [2.45, 2.75) is 0 Å². The van der Waals surface area contributed by atoms with Gasteiger partial charge < -0.3 is 0 Å². The van der Waals surface area contributed by atoms with E-state index in [0.717, 1.165) is 16.3 Å². The number of aromatic nitrogens is 1. The van der Waals surface area contributed by atoms with Crippen LogP contribution in [0, 0.1) is 0 Å². The Bertz CT molecular complexity index is 794. The number of nitrogens with zero attached hydrogens (tertiary/aromatic N) is 1. The predicted molar refractivity (Wildman–Crippen MR) is 84.0 cm³/mol. The van der Waals surface area contributed by atoms with Gasteiger partial charge in [0.1, 0.15) is 0 Å². The lowest BCUT2D eigenvalue weighted by molar-refractivity contribution is -0.640. The molecule has 3 rings (SSSR count). The zero-order valence-electron chi connectivity index (χ0n) is 11.4. The van der Waals surface area contributed by atoms with Crippen LogP contribution in [-0.4, -0.2) is 5.91 Å². The Labute approximate surface area is 123 Å². The molecule has 0 aliphatic carbocycles. The number of amides is 1. The van der Waals surface area contributed by atoms with Crippen molar-refractivity contribution in [1.29, 1.82) is 0 Å². The summed E-state index contributed by atoms with van der Waals surface area (Å²) in [5.74, 6) is -0.167. The van der Waals surface area contributed by atoms with Crippen LogP contribution in [0.3, 0.4) is 0 Å². The number of carbonyl (C=O) groups is 1. The van der Waals surface area contributed by atoms with E-state index in [1.165, 1.54) is 6.08 Å². The van der Waals surface area contributed by atoms with E-state index in [2.05, 4.69) is 5.43 Å². The van der Waals surface area contributed by atoms with Crippen molar-refractivity contribution in [2.75, 3.05) is 5.43 Å². The molecule has 3 aromatic rings. The second-order valence-electron chi connectivity index (χ2n) is 4.70. The molecule has 0 fully saturated rings. The Kier molecular flexibility index (Phi) is 3.74. The van der Waals surface area contributed by atoms with Crippen LogP contribution >= 0.6 is 0 Å². The number of hydrogen-bond donors (Lipinski definition) is 1. The molecule has 1 heterocycles. The van der Waals surface area contributed by atoms with Gasteiger partial charge in [-0.1, -0.05) is 53.2 Å². The van der Waals surface area contributed by atoms with Crippen molar-refractivity contribution >= 4 is 22.8 Å². The number of carbonyl (C=O) groups excluding carboxylic acids is 1. The summed E-state index contributed by atoms with van der Waals surface area (Å²) in [7, 11) is 0. The molecule has 0 unspecified atom stereocenters. The van der Waals surface area contributed by atoms with Gasteiger partial charge >= 0.3 is 0 Å². The third-order valence-electron chi connectivity index (χ3n) is 3.15. The van der Waals surface area contributed by atoms with Crippen LogP contribution in [0.25, 0.3) is 16.8 Å². The fourth-order valence-corrected chi connectivity index (χ4v) is 2.10. The highest BCUT2D eigenvalue weighted by Crippen LogP contribution is 2.09. The molecule has 0 spiro atoms. The number of pyridine rings is 1. The fraction of sp³-hybridized carbons (Fsp3) is 0. The van der Waals surface area contributed by atoms with Crippen molar-refractivity contribution in [3.05, 3.63) is 84.7 Å². The molecule has 1 amide bonds. The third kappa shape index (κ3) is 3.34. The van der Waals surface area contributed by atoms with Crippen molar-refractivity contribution in [2.24, 2.45) is 0 Å². The standard InChI is InChI=1S/C18H14N2O/c21-18(11-10-15-6-2-1-3-7-15)19-20-13-12-16-8-4-5-9-17(16)14-20/h1-14H/p+1/b11-10+. The highest BCUT2D eigenvalue weighted by molar-refractivity contribution is 5.96. The highest BCUT2D eigenvalue weighted by atomic mass is 16.2. The maximum Gasteiger partial charge on any atom is 0.298 e. The smallest absolute Gasteiger partial charge is 0.264 e. The van der Waals surface area contributed by atoms with Gasteiger partial charge in [-0.05, 0) is 23.1 Å². The van der Waals surface area contributed by atoms with Crippen LogP contribution < -0.4 is 10.1 Å². The molecule has 102 valence electrons. The van der Waals surface area contributed by atoms with Crippen molar-refractivity contribution < 1.29 is 9.47 Å². The lowest BCUT2D eigenvalue weighted by atomic mass is 10.2. The van der Waals surface area contributed by atoms with Gasteiger partial charge in [0, 0.05) is 17.5 Å². The lowest BCUT2D eigenvalue weighted by Gasteiger charge is -1.98. The molecule has 0 aliphatic heterocycles. The zero-order chi connectivity index (χ0) is 14.5. The summed E-state index contributed by atoms with van der Waals surface area (Å²) in [5.41, 5.74) is 3.79. The Balaban J connectivity index is 1.73. The van der Waals surface area contributed by atoms with Gasteiger partial charge in [0.15, 0.2) is 0 Å². The first-order valence-corrected chi connectivity index (χ1v) is 6.75.